The molecule has 0 atom stereocenters. The van der Waals surface area contributed by atoms with Gasteiger partial charge in [-0.25, -0.2) is 4.39 Å². The number of rotatable bonds is 1. The molecule has 0 saturated carbocycles. The van der Waals surface area contributed by atoms with E-state index in [1.165, 1.54) is 6.07 Å². The molecular weight excluding hydrogens is 221 g/mol. The number of anilines is 1. The second-order valence-corrected chi connectivity index (χ2v) is 3.40. The van der Waals surface area contributed by atoms with Crippen LogP contribution in [0.3, 0.4) is 0 Å². The average Bonchev–Trinajstić information content (AvgIpc) is 2.58. The lowest BCUT2D eigenvalue weighted by Crippen LogP contribution is -1.83. The smallest absolute Gasteiger partial charge is 0.145 e. The molecule has 2 aromatic rings. The lowest BCUT2D eigenvalue weighted by atomic mass is 10.1. The molecule has 0 bridgehead atoms. The third kappa shape index (κ3) is 1.73. The van der Waals surface area contributed by atoms with Crippen molar-refractivity contribution >= 4 is 17.4 Å². The van der Waals surface area contributed by atoms with Crippen molar-refractivity contribution in [1.29, 1.82) is 0 Å². The van der Waals surface area contributed by atoms with Crippen molar-refractivity contribution in [2.45, 2.75) is 0 Å². The van der Waals surface area contributed by atoms with Gasteiger partial charge in [0.25, 0.3) is 0 Å². The standard InChI is InChI=1S/C9H7ClFN3O/c10-6-2-4(11)1-5(9(6)15)7-3-8(12)14-13-7/h1-3,15H,(H3,12,13,14). The van der Waals surface area contributed by atoms with Gasteiger partial charge in [0.1, 0.15) is 17.4 Å². The number of nitrogen functional groups attached to an aromatic ring is 1. The van der Waals surface area contributed by atoms with Gasteiger partial charge in [0.2, 0.25) is 0 Å². The van der Waals surface area contributed by atoms with Crippen molar-refractivity contribution in [2.75, 3.05) is 5.73 Å². The number of hydrogen-bond donors (Lipinski definition) is 3. The van der Waals surface area contributed by atoms with Gasteiger partial charge in [0.15, 0.2) is 0 Å². The Morgan fingerprint density at radius 2 is 2.13 bits per heavy atom. The second kappa shape index (κ2) is 3.43. The predicted molar refractivity (Wildman–Crippen MR) is 55.1 cm³/mol. The van der Waals surface area contributed by atoms with E-state index in [1.54, 1.807) is 0 Å². The summed E-state index contributed by atoms with van der Waals surface area (Å²) in [6.07, 6.45) is 0. The zero-order chi connectivity index (χ0) is 11.0. The molecule has 0 aliphatic rings. The topological polar surface area (TPSA) is 74.9 Å². The van der Waals surface area contributed by atoms with Crippen molar-refractivity contribution in [3.63, 3.8) is 0 Å². The lowest BCUT2D eigenvalue weighted by Gasteiger charge is -2.03. The summed E-state index contributed by atoms with van der Waals surface area (Å²) < 4.78 is 13.0. The maximum atomic E-state index is 13.0. The summed E-state index contributed by atoms with van der Waals surface area (Å²) in [7, 11) is 0. The highest BCUT2D eigenvalue weighted by molar-refractivity contribution is 6.32. The summed E-state index contributed by atoms with van der Waals surface area (Å²) in [5.41, 5.74) is 6.03. The number of nitrogens with two attached hydrogens (primary N) is 1. The van der Waals surface area contributed by atoms with Crippen LogP contribution in [0.1, 0.15) is 0 Å². The van der Waals surface area contributed by atoms with Gasteiger partial charge in [0, 0.05) is 11.6 Å². The van der Waals surface area contributed by atoms with Gasteiger partial charge >= 0.3 is 0 Å². The van der Waals surface area contributed by atoms with Crippen LogP contribution in [-0.4, -0.2) is 15.3 Å². The van der Waals surface area contributed by atoms with Gasteiger partial charge in [0.05, 0.1) is 10.7 Å². The number of hydrogen-bond acceptors (Lipinski definition) is 3. The summed E-state index contributed by atoms with van der Waals surface area (Å²) in [4.78, 5) is 0. The van der Waals surface area contributed by atoms with Crippen LogP contribution in [0.4, 0.5) is 10.2 Å². The predicted octanol–water partition coefficient (Wildman–Crippen LogP) is 2.16. The van der Waals surface area contributed by atoms with Crippen molar-refractivity contribution < 1.29 is 9.50 Å². The molecule has 0 fully saturated rings. The first-order valence-electron chi connectivity index (χ1n) is 4.07. The average molecular weight is 228 g/mol. The molecule has 2 rings (SSSR count). The molecule has 6 heteroatoms. The summed E-state index contributed by atoms with van der Waals surface area (Å²) in [6, 6.07) is 3.65. The molecule has 0 amide bonds. The van der Waals surface area contributed by atoms with Crippen LogP contribution in [0.15, 0.2) is 18.2 Å². The monoisotopic (exact) mass is 227 g/mol. The van der Waals surface area contributed by atoms with Crippen molar-refractivity contribution in [2.24, 2.45) is 0 Å². The van der Waals surface area contributed by atoms with Gasteiger partial charge in [-0.3, -0.25) is 5.10 Å². The minimum atomic E-state index is -0.541. The second-order valence-electron chi connectivity index (χ2n) is 2.99. The largest absolute Gasteiger partial charge is 0.506 e. The molecule has 0 aliphatic carbocycles. The number of aromatic nitrogens is 2. The number of phenolic OH excluding ortho intramolecular Hbond substituents is 1. The number of phenols is 1. The third-order valence-electron chi connectivity index (χ3n) is 1.92. The molecule has 4 N–H and O–H groups in total. The fraction of sp³-hybridized carbons (Fsp3) is 0. The number of nitrogens with one attached hydrogen (secondary N) is 1. The van der Waals surface area contributed by atoms with E-state index < -0.39 is 5.82 Å². The van der Waals surface area contributed by atoms with Crippen LogP contribution < -0.4 is 5.73 Å². The summed E-state index contributed by atoms with van der Waals surface area (Å²) in [6.45, 7) is 0. The zero-order valence-electron chi connectivity index (χ0n) is 7.46. The number of H-pyrrole nitrogens is 1. The first kappa shape index (κ1) is 9.79. The Labute approximate surface area is 89.5 Å². The normalized spacial score (nSPS) is 10.5. The lowest BCUT2D eigenvalue weighted by molar-refractivity contribution is 0.475. The van der Waals surface area contributed by atoms with Gasteiger partial charge in [-0.05, 0) is 12.1 Å². The highest BCUT2D eigenvalue weighted by Gasteiger charge is 2.12. The molecule has 1 aromatic heterocycles. The number of aromatic amines is 1. The molecule has 0 spiro atoms. The summed E-state index contributed by atoms with van der Waals surface area (Å²) in [5, 5.41) is 15.8. The van der Waals surface area contributed by atoms with Crippen LogP contribution in [0.2, 0.25) is 5.02 Å². The van der Waals surface area contributed by atoms with E-state index in [1.807, 2.05) is 0 Å². The Hall–Kier alpha value is -1.75. The zero-order valence-corrected chi connectivity index (χ0v) is 8.22. The van der Waals surface area contributed by atoms with Gasteiger partial charge < -0.3 is 10.8 Å². The molecule has 1 aromatic carbocycles. The minimum absolute atomic E-state index is 0.0572. The molecule has 4 nitrogen and oxygen atoms in total. The number of halogens is 2. The number of benzene rings is 1. The van der Waals surface area contributed by atoms with Gasteiger partial charge in [-0.15, -0.1) is 0 Å². The molecule has 0 unspecified atom stereocenters. The molecule has 0 aliphatic heterocycles. The Morgan fingerprint density at radius 3 is 2.73 bits per heavy atom. The Bertz CT molecular complexity index is 512. The maximum Gasteiger partial charge on any atom is 0.145 e. The molecule has 15 heavy (non-hydrogen) atoms. The first-order valence-corrected chi connectivity index (χ1v) is 4.45. The van der Waals surface area contributed by atoms with E-state index in [2.05, 4.69) is 10.2 Å². The SMILES string of the molecule is Nc1cc(-c2cc(F)cc(Cl)c2O)[nH]n1. The maximum absolute atomic E-state index is 13.0. The fourth-order valence-electron chi connectivity index (χ4n) is 1.25. The van der Waals surface area contributed by atoms with E-state index in [0.29, 0.717) is 5.69 Å². The van der Waals surface area contributed by atoms with Crippen LogP contribution >= 0.6 is 11.6 Å². The van der Waals surface area contributed by atoms with E-state index >= 15 is 0 Å². The molecular formula is C9H7ClFN3O. The van der Waals surface area contributed by atoms with Crippen molar-refractivity contribution in [3.8, 4) is 17.0 Å². The van der Waals surface area contributed by atoms with Crippen molar-refractivity contribution in [1.82, 2.24) is 10.2 Å². The number of aromatic hydroxyl groups is 1. The van der Waals surface area contributed by atoms with Crippen LogP contribution in [0.25, 0.3) is 11.3 Å². The Kier molecular flexibility index (Phi) is 2.24. The van der Waals surface area contributed by atoms with Gasteiger partial charge in [-0.2, -0.15) is 5.10 Å². The Morgan fingerprint density at radius 1 is 1.40 bits per heavy atom. The molecule has 0 saturated heterocycles. The van der Waals surface area contributed by atoms with E-state index in [0.717, 1.165) is 12.1 Å². The minimum Gasteiger partial charge on any atom is -0.506 e. The third-order valence-corrected chi connectivity index (χ3v) is 2.20. The van der Waals surface area contributed by atoms with Gasteiger partial charge in [-0.1, -0.05) is 11.6 Å². The van der Waals surface area contributed by atoms with Crippen molar-refractivity contribution in [3.05, 3.63) is 29.0 Å². The summed E-state index contributed by atoms with van der Waals surface area (Å²) in [5.74, 6) is -0.493. The highest BCUT2D eigenvalue weighted by atomic mass is 35.5. The molecule has 78 valence electrons. The molecule has 1 heterocycles. The molecule has 0 radical (unpaired) electrons. The highest BCUT2D eigenvalue weighted by Crippen LogP contribution is 2.35. The summed E-state index contributed by atoms with van der Waals surface area (Å²) >= 11 is 5.62. The van der Waals surface area contributed by atoms with Crippen LogP contribution in [-0.2, 0) is 0 Å². The van der Waals surface area contributed by atoms with Crippen LogP contribution in [0.5, 0.6) is 5.75 Å². The Balaban J connectivity index is 2.62. The first-order chi connectivity index (χ1) is 7.08. The van der Waals surface area contributed by atoms with E-state index in [-0.39, 0.29) is 22.2 Å². The van der Waals surface area contributed by atoms with Crippen LogP contribution in [0, 0.1) is 5.82 Å². The van der Waals surface area contributed by atoms with E-state index in [9.17, 15) is 9.50 Å². The van der Waals surface area contributed by atoms with E-state index in [4.69, 9.17) is 17.3 Å². The number of nitrogens with zero attached hydrogens (tertiary/aromatic N) is 1. The quantitative estimate of drug-likeness (QED) is 0.699. The fourth-order valence-corrected chi connectivity index (χ4v) is 1.45.